The fourth-order valence-corrected chi connectivity index (χ4v) is 3.35. The minimum Gasteiger partial charge on any atom is -0.460 e. The highest BCUT2D eigenvalue weighted by molar-refractivity contribution is 5.99. The first-order valence-electron chi connectivity index (χ1n) is 10.5. The normalized spacial score (nSPS) is 11.6. The zero-order chi connectivity index (χ0) is 22.8. The van der Waals surface area contributed by atoms with Gasteiger partial charge in [-0.1, -0.05) is 97.9 Å². The molecule has 32 heavy (non-hydrogen) atoms. The molecule has 0 unspecified atom stereocenters. The molecule has 3 aromatic rings. The van der Waals surface area contributed by atoms with Crippen molar-refractivity contribution in [1.82, 2.24) is 0 Å². The lowest BCUT2D eigenvalue weighted by molar-refractivity contribution is -0.166. The van der Waals surface area contributed by atoms with Crippen LogP contribution in [0.4, 0.5) is 0 Å². The topological polar surface area (TPSA) is 69.7 Å². The Bertz CT molecular complexity index is 960. The fraction of sp³-hybridized carbons (Fsp3) is 0.222. The second-order valence-corrected chi connectivity index (χ2v) is 7.63. The fourth-order valence-electron chi connectivity index (χ4n) is 3.35. The molecule has 5 heteroatoms. The standard InChI is InChI=1S/C27H26O5/c1-20(17-24(28)23-15-9-4-10-16-23)25(26(29)31-18-21-11-5-2-6-12-21)27(30)32-19-22-13-7-3-8-14-22/h2-16,20,25H,17-19H2,1H3/t20-/m1/s1. The summed E-state index contributed by atoms with van der Waals surface area (Å²) in [5, 5.41) is 0. The minimum absolute atomic E-state index is 0.0234. The SMILES string of the molecule is C[C@H](CC(=O)c1ccccc1)C(C(=O)OCc1ccccc1)C(=O)OCc1ccccc1. The Morgan fingerprint density at radius 2 is 1.06 bits per heavy atom. The molecule has 0 spiro atoms. The highest BCUT2D eigenvalue weighted by Gasteiger charge is 2.36. The smallest absolute Gasteiger partial charge is 0.320 e. The first-order chi connectivity index (χ1) is 15.5. The van der Waals surface area contributed by atoms with Gasteiger partial charge in [0.25, 0.3) is 0 Å². The maximum absolute atomic E-state index is 12.9. The van der Waals surface area contributed by atoms with Gasteiger partial charge >= 0.3 is 11.9 Å². The summed E-state index contributed by atoms with van der Waals surface area (Å²) in [5.41, 5.74) is 2.16. The molecule has 0 amide bonds. The summed E-state index contributed by atoms with van der Waals surface area (Å²) >= 11 is 0. The molecule has 5 nitrogen and oxygen atoms in total. The summed E-state index contributed by atoms with van der Waals surface area (Å²) in [4.78, 5) is 38.4. The van der Waals surface area contributed by atoms with Crippen LogP contribution in [-0.2, 0) is 32.3 Å². The Morgan fingerprint density at radius 1 is 0.656 bits per heavy atom. The molecule has 0 aliphatic carbocycles. The first-order valence-corrected chi connectivity index (χ1v) is 10.5. The minimum atomic E-state index is -1.20. The predicted octanol–water partition coefficient (Wildman–Crippen LogP) is 5.00. The predicted molar refractivity (Wildman–Crippen MR) is 121 cm³/mol. The van der Waals surface area contributed by atoms with Crippen molar-refractivity contribution in [3.63, 3.8) is 0 Å². The highest BCUT2D eigenvalue weighted by Crippen LogP contribution is 2.23. The molecule has 3 rings (SSSR count). The number of ether oxygens (including phenoxy) is 2. The van der Waals surface area contributed by atoms with Crippen LogP contribution in [0.25, 0.3) is 0 Å². The van der Waals surface area contributed by atoms with E-state index in [1.807, 2.05) is 66.7 Å². The van der Waals surface area contributed by atoms with Gasteiger partial charge in [-0.05, 0) is 17.0 Å². The van der Waals surface area contributed by atoms with E-state index in [4.69, 9.17) is 9.47 Å². The lowest BCUT2D eigenvalue weighted by Gasteiger charge is -2.21. The molecule has 0 aliphatic rings. The van der Waals surface area contributed by atoms with Gasteiger partial charge in [-0.3, -0.25) is 14.4 Å². The number of benzene rings is 3. The highest BCUT2D eigenvalue weighted by atomic mass is 16.6. The van der Waals surface area contributed by atoms with E-state index >= 15 is 0 Å². The van der Waals surface area contributed by atoms with Gasteiger partial charge in [0.2, 0.25) is 0 Å². The van der Waals surface area contributed by atoms with E-state index in [2.05, 4.69) is 0 Å². The molecule has 164 valence electrons. The van der Waals surface area contributed by atoms with Gasteiger partial charge in [-0.2, -0.15) is 0 Å². The molecule has 1 atom stereocenters. The molecule has 0 saturated carbocycles. The number of rotatable bonds is 10. The zero-order valence-corrected chi connectivity index (χ0v) is 18.0. The van der Waals surface area contributed by atoms with Gasteiger partial charge in [0.1, 0.15) is 13.2 Å². The van der Waals surface area contributed by atoms with E-state index < -0.39 is 23.8 Å². The quantitative estimate of drug-likeness (QED) is 0.257. The largest absolute Gasteiger partial charge is 0.460 e. The van der Waals surface area contributed by atoms with Gasteiger partial charge in [0.05, 0.1) is 0 Å². The number of esters is 2. The molecule has 0 heterocycles. The number of carbonyl (C=O) groups excluding carboxylic acids is 3. The van der Waals surface area contributed by atoms with Crippen molar-refractivity contribution in [3.8, 4) is 0 Å². The van der Waals surface area contributed by atoms with E-state index in [0.29, 0.717) is 5.56 Å². The monoisotopic (exact) mass is 430 g/mol. The van der Waals surface area contributed by atoms with E-state index in [1.165, 1.54) is 0 Å². The lowest BCUT2D eigenvalue weighted by Crippen LogP contribution is -2.34. The average molecular weight is 431 g/mol. The number of Topliss-reactive ketones (excluding diaryl/α,β-unsaturated/α-hetero) is 1. The summed E-state index contributed by atoms with van der Waals surface area (Å²) in [7, 11) is 0. The van der Waals surface area contributed by atoms with Gasteiger partial charge in [0, 0.05) is 12.0 Å². The van der Waals surface area contributed by atoms with Crippen LogP contribution in [0, 0.1) is 11.8 Å². The Hall–Kier alpha value is -3.73. The van der Waals surface area contributed by atoms with E-state index in [-0.39, 0.29) is 25.4 Å². The van der Waals surface area contributed by atoms with Gasteiger partial charge in [-0.15, -0.1) is 0 Å². The average Bonchev–Trinajstić information content (AvgIpc) is 2.83. The first kappa shape index (κ1) is 22.9. The van der Waals surface area contributed by atoms with E-state index in [0.717, 1.165) is 11.1 Å². The molecule has 0 saturated heterocycles. The van der Waals surface area contributed by atoms with Crippen molar-refractivity contribution in [2.45, 2.75) is 26.6 Å². The molecule has 3 aromatic carbocycles. The maximum atomic E-state index is 12.9. The maximum Gasteiger partial charge on any atom is 0.320 e. The lowest BCUT2D eigenvalue weighted by atomic mass is 9.88. The third-order valence-electron chi connectivity index (χ3n) is 5.13. The van der Waals surface area contributed by atoms with Crippen LogP contribution in [-0.4, -0.2) is 17.7 Å². The molecule has 0 radical (unpaired) electrons. The number of carbonyl (C=O) groups is 3. The van der Waals surface area contributed by atoms with E-state index in [9.17, 15) is 14.4 Å². The van der Waals surface area contributed by atoms with Crippen LogP contribution in [0.2, 0.25) is 0 Å². The molecule has 0 bridgehead atoms. The van der Waals surface area contributed by atoms with Gasteiger partial charge in [0.15, 0.2) is 11.7 Å². The zero-order valence-electron chi connectivity index (χ0n) is 18.0. The van der Waals surface area contributed by atoms with Crippen molar-refractivity contribution in [2.24, 2.45) is 11.8 Å². The second kappa shape index (κ2) is 11.6. The summed E-state index contributed by atoms with van der Waals surface area (Å²) < 4.78 is 10.8. The summed E-state index contributed by atoms with van der Waals surface area (Å²) in [6, 6.07) is 27.2. The van der Waals surface area contributed by atoms with Crippen LogP contribution < -0.4 is 0 Å². The summed E-state index contributed by atoms with van der Waals surface area (Å²) in [6.07, 6.45) is 0.0234. The summed E-state index contributed by atoms with van der Waals surface area (Å²) in [6.45, 7) is 1.78. The van der Waals surface area contributed by atoms with Gasteiger partial charge < -0.3 is 9.47 Å². The Labute approximate surface area is 188 Å². The molecular weight excluding hydrogens is 404 g/mol. The van der Waals surface area contributed by atoms with E-state index in [1.54, 1.807) is 31.2 Å². The van der Waals surface area contributed by atoms with Crippen molar-refractivity contribution in [2.75, 3.05) is 0 Å². The summed E-state index contributed by atoms with van der Waals surface area (Å²) in [5.74, 6) is -3.32. The molecule has 0 N–H and O–H groups in total. The van der Waals surface area contributed by atoms with Crippen LogP contribution in [0.5, 0.6) is 0 Å². The van der Waals surface area contributed by atoms with Crippen LogP contribution in [0.15, 0.2) is 91.0 Å². The number of hydrogen-bond donors (Lipinski definition) is 0. The number of ketones is 1. The van der Waals surface area contributed by atoms with Crippen molar-refractivity contribution in [3.05, 3.63) is 108 Å². The van der Waals surface area contributed by atoms with Crippen LogP contribution in [0.3, 0.4) is 0 Å². The third kappa shape index (κ3) is 6.64. The van der Waals surface area contributed by atoms with Gasteiger partial charge in [-0.25, -0.2) is 0 Å². The number of hydrogen-bond acceptors (Lipinski definition) is 5. The molecule has 0 fully saturated rings. The second-order valence-electron chi connectivity index (χ2n) is 7.63. The van der Waals surface area contributed by atoms with Crippen molar-refractivity contribution < 1.29 is 23.9 Å². The van der Waals surface area contributed by atoms with Crippen LogP contribution >= 0.6 is 0 Å². The Kier molecular flexibility index (Phi) is 8.32. The molecular formula is C27H26O5. The van der Waals surface area contributed by atoms with Crippen molar-refractivity contribution in [1.29, 1.82) is 0 Å². The van der Waals surface area contributed by atoms with Crippen molar-refractivity contribution >= 4 is 17.7 Å². The molecule has 0 aliphatic heterocycles. The Balaban J connectivity index is 1.70. The Morgan fingerprint density at radius 3 is 1.50 bits per heavy atom. The third-order valence-corrected chi connectivity index (χ3v) is 5.13. The van der Waals surface area contributed by atoms with Crippen LogP contribution in [0.1, 0.15) is 34.8 Å². The molecule has 0 aromatic heterocycles.